The van der Waals surface area contributed by atoms with Crippen molar-refractivity contribution in [1.29, 1.82) is 0 Å². The average molecular weight is 364 g/mol. The van der Waals surface area contributed by atoms with Crippen LogP contribution in [0.25, 0.3) is 0 Å². The molecule has 2 saturated heterocycles. The van der Waals surface area contributed by atoms with Crippen LogP contribution in [-0.2, 0) is 0 Å². The molecular formula is C21H41N5. The second-order valence-corrected chi connectivity index (χ2v) is 9.07. The lowest BCUT2D eigenvalue weighted by atomic mass is 9.97. The standard InChI is InChI=1S/C21H41N5/c1-4-22-21(24-19-9-12-26(13-10-19)20-7-8-20)23-14-18-6-5-11-25(16-18)15-17(2)3/h17-20H,4-16H2,1-3H3,(H2,22,23,24). The van der Waals surface area contributed by atoms with Gasteiger partial charge in [0.15, 0.2) is 5.96 Å². The molecule has 2 heterocycles. The minimum absolute atomic E-state index is 0.589. The minimum atomic E-state index is 0.589. The normalized spacial score (nSPS) is 27.1. The number of hydrogen-bond donors (Lipinski definition) is 2. The number of hydrogen-bond acceptors (Lipinski definition) is 3. The largest absolute Gasteiger partial charge is 0.357 e. The van der Waals surface area contributed by atoms with Crippen LogP contribution in [0.3, 0.4) is 0 Å². The molecule has 0 aromatic rings. The van der Waals surface area contributed by atoms with E-state index in [2.05, 4.69) is 41.2 Å². The molecule has 0 aromatic heterocycles. The van der Waals surface area contributed by atoms with Gasteiger partial charge in [-0.25, -0.2) is 0 Å². The van der Waals surface area contributed by atoms with Gasteiger partial charge in [-0.1, -0.05) is 13.8 Å². The molecule has 26 heavy (non-hydrogen) atoms. The first-order chi connectivity index (χ1) is 12.6. The maximum atomic E-state index is 4.97. The Morgan fingerprint density at radius 1 is 1.08 bits per heavy atom. The Morgan fingerprint density at radius 2 is 1.85 bits per heavy atom. The SMILES string of the molecule is CCNC(=NCC1CCCN(CC(C)C)C1)NC1CCN(C2CC2)CC1. The Morgan fingerprint density at radius 3 is 2.50 bits per heavy atom. The van der Waals surface area contributed by atoms with Gasteiger partial charge in [-0.15, -0.1) is 0 Å². The lowest BCUT2D eigenvalue weighted by Gasteiger charge is -2.34. The molecule has 1 atom stereocenters. The first-order valence-corrected chi connectivity index (χ1v) is 11.1. The molecule has 3 fully saturated rings. The summed E-state index contributed by atoms with van der Waals surface area (Å²) in [7, 11) is 0. The zero-order valence-corrected chi connectivity index (χ0v) is 17.3. The van der Waals surface area contributed by atoms with E-state index in [0.29, 0.717) is 6.04 Å². The van der Waals surface area contributed by atoms with E-state index in [0.717, 1.165) is 36.9 Å². The van der Waals surface area contributed by atoms with Gasteiger partial charge in [0.05, 0.1) is 0 Å². The quantitative estimate of drug-likeness (QED) is 0.539. The van der Waals surface area contributed by atoms with Crippen LogP contribution >= 0.6 is 0 Å². The number of piperidine rings is 2. The summed E-state index contributed by atoms with van der Waals surface area (Å²) < 4.78 is 0. The van der Waals surface area contributed by atoms with Crippen LogP contribution in [0.1, 0.15) is 59.3 Å². The molecule has 5 heteroatoms. The molecule has 1 aliphatic carbocycles. The third-order valence-corrected chi connectivity index (χ3v) is 6.01. The van der Waals surface area contributed by atoms with Crippen LogP contribution in [0.4, 0.5) is 0 Å². The molecule has 0 radical (unpaired) electrons. The zero-order valence-electron chi connectivity index (χ0n) is 17.3. The van der Waals surface area contributed by atoms with E-state index in [1.807, 2.05) is 0 Å². The van der Waals surface area contributed by atoms with E-state index in [1.165, 1.54) is 71.2 Å². The smallest absolute Gasteiger partial charge is 0.191 e. The van der Waals surface area contributed by atoms with Crippen molar-refractivity contribution >= 4 is 5.96 Å². The number of guanidine groups is 1. The predicted octanol–water partition coefficient (Wildman–Crippen LogP) is 2.54. The second-order valence-electron chi connectivity index (χ2n) is 9.07. The number of nitrogens with one attached hydrogen (secondary N) is 2. The highest BCUT2D eigenvalue weighted by molar-refractivity contribution is 5.80. The van der Waals surface area contributed by atoms with Crippen LogP contribution in [0.5, 0.6) is 0 Å². The van der Waals surface area contributed by atoms with Gasteiger partial charge in [0.2, 0.25) is 0 Å². The molecule has 0 bridgehead atoms. The molecule has 3 rings (SSSR count). The van der Waals surface area contributed by atoms with Crippen molar-refractivity contribution in [2.75, 3.05) is 45.8 Å². The number of nitrogens with zero attached hydrogens (tertiary/aromatic N) is 3. The van der Waals surface area contributed by atoms with Crippen molar-refractivity contribution in [1.82, 2.24) is 20.4 Å². The summed E-state index contributed by atoms with van der Waals surface area (Å²) in [4.78, 5) is 10.3. The van der Waals surface area contributed by atoms with E-state index in [4.69, 9.17) is 4.99 Å². The van der Waals surface area contributed by atoms with E-state index in [1.54, 1.807) is 0 Å². The molecule has 2 N–H and O–H groups in total. The Kier molecular flexibility index (Phi) is 7.62. The fourth-order valence-electron chi connectivity index (χ4n) is 4.56. The highest BCUT2D eigenvalue weighted by Gasteiger charge is 2.32. The molecule has 2 aliphatic heterocycles. The van der Waals surface area contributed by atoms with Gasteiger partial charge in [0, 0.05) is 51.4 Å². The Hall–Kier alpha value is -0.810. The third kappa shape index (κ3) is 6.41. The van der Waals surface area contributed by atoms with Crippen molar-refractivity contribution in [3.63, 3.8) is 0 Å². The van der Waals surface area contributed by atoms with E-state index in [-0.39, 0.29) is 0 Å². The molecule has 0 aromatic carbocycles. The molecule has 1 saturated carbocycles. The van der Waals surface area contributed by atoms with E-state index >= 15 is 0 Å². The first kappa shape index (κ1) is 19.9. The molecular weight excluding hydrogens is 322 g/mol. The van der Waals surface area contributed by atoms with Gasteiger partial charge in [0.25, 0.3) is 0 Å². The average Bonchev–Trinajstić information content (AvgIpc) is 3.45. The topological polar surface area (TPSA) is 42.9 Å². The monoisotopic (exact) mass is 363 g/mol. The van der Waals surface area contributed by atoms with Crippen LogP contribution in [0.15, 0.2) is 4.99 Å². The molecule has 1 unspecified atom stereocenters. The summed E-state index contributed by atoms with van der Waals surface area (Å²) in [5.41, 5.74) is 0. The molecule has 3 aliphatic rings. The first-order valence-electron chi connectivity index (χ1n) is 11.1. The third-order valence-electron chi connectivity index (χ3n) is 6.01. The van der Waals surface area contributed by atoms with Crippen LogP contribution in [0.2, 0.25) is 0 Å². The fourth-order valence-corrected chi connectivity index (χ4v) is 4.56. The van der Waals surface area contributed by atoms with Gasteiger partial charge in [-0.3, -0.25) is 4.99 Å². The molecule has 0 spiro atoms. The summed E-state index contributed by atoms with van der Waals surface area (Å²) in [5, 5.41) is 7.19. The maximum absolute atomic E-state index is 4.97. The highest BCUT2D eigenvalue weighted by Crippen LogP contribution is 2.29. The Balaban J connectivity index is 1.44. The molecule has 5 nitrogen and oxygen atoms in total. The minimum Gasteiger partial charge on any atom is -0.357 e. The fraction of sp³-hybridized carbons (Fsp3) is 0.952. The number of aliphatic imine (C=N–C) groups is 1. The highest BCUT2D eigenvalue weighted by atomic mass is 15.2. The summed E-state index contributed by atoms with van der Waals surface area (Å²) in [6.07, 6.45) is 8.03. The van der Waals surface area contributed by atoms with Gasteiger partial charge >= 0.3 is 0 Å². The van der Waals surface area contributed by atoms with Crippen LogP contribution in [-0.4, -0.2) is 73.7 Å². The Labute approximate surface area is 161 Å². The van der Waals surface area contributed by atoms with Crippen LogP contribution in [0, 0.1) is 11.8 Å². The van der Waals surface area contributed by atoms with E-state index in [9.17, 15) is 0 Å². The number of likely N-dealkylation sites (tertiary alicyclic amines) is 2. The van der Waals surface area contributed by atoms with Gasteiger partial charge in [0.1, 0.15) is 0 Å². The van der Waals surface area contributed by atoms with Gasteiger partial charge in [-0.2, -0.15) is 0 Å². The van der Waals surface area contributed by atoms with Crippen LogP contribution < -0.4 is 10.6 Å². The Bertz CT molecular complexity index is 438. The summed E-state index contributed by atoms with van der Waals surface area (Å²) in [6, 6.07) is 1.50. The summed E-state index contributed by atoms with van der Waals surface area (Å²) in [6.45, 7) is 15.0. The van der Waals surface area contributed by atoms with Gasteiger partial charge in [-0.05, 0) is 63.8 Å². The molecule has 150 valence electrons. The summed E-state index contributed by atoms with van der Waals surface area (Å²) in [5.74, 6) is 2.52. The van der Waals surface area contributed by atoms with Crippen molar-refractivity contribution in [2.45, 2.75) is 71.4 Å². The lowest BCUT2D eigenvalue weighted by molar-refractivity contribution is 0.162. The second kappa shape index (κ2) is 9.93. The zero-order chi connectivity index (χ0) is 18.4. The lowest BCUT2D eigenvalue weighted by Crippen LogP contribution is -2.49. The van der Waals surface area contributed by atoms with Gasteiger partial charge < -0.3 is 20.4 Å². The van der Waals surface area contributed by atoms with Crippen molar-refractivity contribution in [3.05, 3.63) is 0 Å². The van der Waals surface area contributed by atoms with Crippen molar-refractivity contribution in [3.8, 4) is 0 Å². The maximum Gasteiger partial charge on any atom is 0.191 e. The predicted molar refractivity (Wildman–Crippen MR) is 111 cm³/mol. The molecule has 0 amide bonds. The van der Waals surface area contributed by atoms with Crippen molar-refractivity contribution < 1.29 is 0 Å². The van der Waals surface area contributed by atoms with E-state index < -0.39 is 0 Å². The summed E-state index contributed by atoms with van der Waals surface area (Å²) >= 11 is 0. The number of rotatable bonds is 7. The van der Waals surface area contributed by atoms with Crippen molar-refractivity contribution in [2.24, 2.45) is 16.8 Å².